The van der Waals surface area contributed by atoms with Crippen LogP contribution in [0.4, 0.5) is 0 Å². The Kier molecular flexibility index (Phi) is 6.63. The van der Waals surface area contributed by atoms with Crippen molar-refractivity contribution in [2.45, 2.75) is 36.3 Å². The molecule has 0 heterocycles. The van der Waals surface area contributed by atoms with Crippen molar-refractivity contribution in [2.75, 3.05) is 14.2 Å². The fourth-order valence-corrected chi connectivity index (χ4v) is 3.96. The van der Waals surface area contributed by atoms with E-state index in [0.29, 0.717) is 24.3 Å². The zero-order valence-corrected chi connectivity index (χ0v) is 13.6. The number of nitrogens with one attached hydrogen (secondary N) is 1. The van der Waals surface area contributed by atoms with Gasteiger partial charge in [-0.3, -0.25) is 10.0 Å². The Morgan fingerprint density at radius 2 is 1.91 bits per heavy atom. The van der Waals surface area contributed by atoms with Crippen molar-refractivity contribution >= 4 is 15.7 Å². The van der Waals surface area contributed by atoms with E-state index in [4.69, 9.17) is 14.7 Å². The van der Waals surface area contributed by atoms with E-state index in [1.807, 2.05) is 6.92 Å². The molecule has 1 aromatic rings. The van der Waals surface area contributed by atoms with Gasteiger partial charge in [0.05, 0.1) is 24.4 Å². The molecule has 0 radical (unpaired) electrons. The Hall–Kier alpha value is -1.80. The van der Waals surface area contributed by atoms with Gasteiger partial charge in [0, 0.05) is 12.5 Å². The smallest absolute Gasteiger partial charge is 0.244 e. The number of benzene rings is 1. The van der Waals surface area contributed by atoms with Crippen molar-refractivity contribution in [3.8, 4) is 11.5 Å². The molecule has 7 nitrogen and oxygen atoms in total. The molecule has 124 valence electrons. The van der Waals surface area contributed by atoms with Gasteiger partial charge >= 0.3 is 0 Å². The summed E-state index contributed by atoms with van der Waals surface area (Å²) in [6, 6.07) is 4.28. The fourth-order valence-electron chi connectivity index (χ4n) is 2.13. The minimum absolute atomic E-state index is 0.0503. The lowest BCUT2D eigenvalue weighted by molar-refractivity contribution is -0.129. The Balaban J connectivity index is 3.21. The number of carbonyl (C=O) groups is 1. The number of rotatable bonds is 8. The molecule has 0 saturated heterocycles. The van der Waals surface area contributed by atoms with Crippen LogP contribution >= 0.6 is 0 Å². The molecule has 0 bridgehead atoms. The van der Waals surface area contributed by atoms with Gasteiger partial charge in [0.2, 0.25) is 5.91 Å². The standard InChI is InChI=1S/C14H21NO6S/c1-4-5-10(9-14(16)15-17)22(18,19)11-6-7-12(20-2)13(8-11)21-3/h6-8,10,17H,4-5,9H2,1-3H3,(H,15,16). The summed E-state index contributed by atoms with van der Waals surface area (Å²) in [7, 11) is -0.864. The van der Waals surface area contributed by atoms with Crippen LogP contribution in [0.25, 0.3) is 0 Å². The van der Waals surface area contributed by atoms with Gasteiger partial charge in [0.1, 0.15) is 0 Å². The lowest BCUT2D eigenvalue weighted by Gasteiger charge is -2.17. The molecule has 2 N–H and O–H groups in total. The number of ether oxygens (including phenoxy) is 2. The van der Waals surface area contributed by atoms with E-state index in [2.05, 4.69) is 0 Å². The van der Waals surface area contributed by atoms with Gasteiger partial charge in [0.15, 0.2) is 21.3 Å². The number of carbonyl (C=O) groups excluding carboxylic acids is 1. The van der Waals surface area contributed by atoms with Crippen LogP contribution in [0.2, 0.25) is 0 Å². The molecular formula is C14H21NO6S. The van der Waals surface area contributed by atoms with Crippen LogP contribution in [0.3, 0.4) is 0 Å². The maximum atomic E-state index is 12.7. The van der Waals surface area contributed by atoms with Gasteiger partial charge in [-0.15, -0.1) is 0 Å². The highest BCUT2D eigenvalue weighted by molar-refractivity contribution is 7.92. The summed E-state index contributed by atoms with van der Waals surface area (Å²) in [5.41, 5.74) is 1.47. The maximum Gasteiger partial charge on any atom is 0.244 e. The lowest BCUT2D eigenvalue weighted by atomic mass is 10.2. The molecule has 0 fully saturated rings. The Bertz CT molecular complexity index is 614. The summed E-state index contributed by atoms with van der Waals surface area (Å²) in [5.74, 6) is -0.0190. The van der Waals surface area contributed by atoms with Crippen LogP contribution in [0.5, 0.6) is 11.5 Å². The van der Waals surface area contributed by atoms with Crippen molar-refractivity contribution < 1.29 is 27.9 Å². The SMILES string of the molecule is CCCC(CC(=O)NO)S(=O)(=O)c1ccc(OC)c(OC)c1. The Labute approximate surface area is 130 Å². The predicted octanol–water partition coefficient (Wildman–Crippen LogP) is 1.54. The number of hydroxylamine groups is 1. The number of amides is 1. The van der Waals surface area contributed by atoms with Crippen molar-refractivity contribution in [3.05, 3.63) is 18.2 Å². The molecule has 1 aromatic carbocycles. The second-order valence-corrected chi connectivity index (χ2v) is 6.94. The van der Waals surface area contributed by atoms with Crippen molar-refractivity contribution in [3.63, 3.8) is 0 Å². The van der Waals surface area contributed by atoms with Gasteiger partial charge in [-0.1, -0.05) is 13.3 Å². The molecule has 8 heteroatoms. The quantitative estimate of drug-likeness (QED) is 0.553. The molecular weight excluding hydrogens is 310 g/mol. The normalized spacial score (nSPS) is 12.5. The van der Waals surface area contributed by atoms with E-state index in [-0.39, 0.29) is 11.3 Å². The number of methoxy groups -OCH3 is 2. The number of hydrogen-bond donors (Lipinski definition) is 2. The van der Waals surface area contributed by atoms with Crippen molar-refractivity contribution in [1.29, 1.82) is 0 Å². The molecule has 0 aliphatic heterocycles. The topological polar surface area (TPSA) is 102 Å². The maximum absolute atomic E-state index is 12.7. The first-order valence-corrected chi connectivity index (χ1v) is 8.34. The van der Waals surface area contributed by atoms with Crippen LogP contribution in [0.15, 0.2) is 23.1 Å². The second kappa shape index (κ2) is 8.00. The van der Waals surface area contributed by atoms with Crippen LogP contribution in [0.1, 0.15) is 26.2 Å². The second-order valence-electron chi connectivity index (χ2n) is 4.71. The zero-order chi connectivity index (χ0) is 16.8. The highest BCUT2D eigenvalue weighted by Gasteiger charge is 2.29. The third-order valence-corrected chi connectivity index (χ3v) is 5.46. The molecule has 1 rings (SSSR count). The number of sulfone groups is 1. The molecule has 1 unspecified atom stereocenters. The first kappa shape index (κ1) is 18.2. The van der Waals surface area contributed by atoms with Crippen LogP contribution in [-0.4, -0.2) is 39.0 Å². The minimum Gasteiger partial charge on any atom is -0.493 e. The molecule has 0 saturated carbocycles. The summed E-state index contributed by atoms with van der Waals surface area (Å²) in [5, 5.41) is 7.69. The fraction of sp³-hybridized carbons (Fsp3) is 0.500. The molecule has 1 amide bonds. The van der Waals surface area contributed by atoms with Gasteiger partial charge in [-0.05, 0) is 18.6 Å². The predicted molar refractivity (Wildman–Crippen MR) is 80.0 cm³/mol. The van der Waals surface area contributed by atoms with Crippen molar-refractivity contribution in [1.82, 2.24) is 5.48 Å². The van der Waals surface area contributed by atoms with E-state index in [1.54, 1.807) is 0 Å². The van der Waals surface area contributed by atoms with E-state index < -0.39 is 21.0 Å². The Morgan fingerprint density at radius 3 is 2.41 bits per heavy atom. The summed E-state index contributed by atoms with van der Waals surface area (Å²) in [4.78, 5) is 11.4. The largest absolute Gasteiger partial charge is 0.493 e. The van der Waals surface area contributed by atoms with Crippen LogP contribution < -0.4 is 15.0 Å². The summed E-state index contributed by atoms with van der Waals surface area (Å²) < 4.78 is 35.5. The molecule has 22 heavy (non-hydrogen) atoms. The van der Waals surface area contributed by atoms with Crippen LogP contribution in [-0.2, 0) is 14.6 Å². The van der Waals surface area contributed by atoms with E-state index in [1.165, 1.54) is 37.9 Å². The van der Waals surface area contributed by atoms with Gasteiger partial charge < -0.3 is 9.47 Å². The van der Waals surface area contributed by atoms with Gasteiger partial charge in [-0.25, -0.2) is 13.9 Å². The van der Waals surface area contributed by atoms with E-state index >= 15 is 0 Å². The number of hydrogen-bond acceptors (Lipinski definition) is 6. The Morgan fingerprint density at radius 1 is 1.27 bits per heavy atom. The molecule has 0 aliphatic rings. The summed E-state index contributed by atoms with van der Waals surface area (Å²) in [6.07, 6.45) is 0.598. The molecule has 1 atom stereocenters. The highest BCUT2D eigenvalue weighted by Crippen LogP contribution is 2.32. The first-order valence-electron chi connectivity index (χ1n) is 6.79. The minimum atomic E-state index is -3.73. The van der Waals surface area contributed by atoms with E-state index in [9.17, 15) is 13.2 Å². The monoisotopic (exact) mass is 331 g/mol. The highest BCUT2D eigenvalue weighted by atomic mass is 32.2. The van der Waals surface area contributed by atoms with E-state index in [0.717, 1.165) is 0 Å². The third kappa shape index (κ3) is 4.11. The molecule has 0 aromatic heterocycles. The molecule has 0 aliphatic carbocycles. The zero-order valence-electron chi connectivity index (χ0n) is 12.8. The first-order chi connectivity index (χ1) is 10.4. The van der Waals surface area contributed by atoms with Crippen LogP contribution in [0, 0.1) is 0 Å². The third-order valence-electron chi connectivity index (χ3n) is 3.27. The summed E-state index contributed by atoms with van der Waals surface area (Å²) >= 11 is 0. The van der Waals surface area contributed by atoms with Gasteiger partial charge in [0.25, 0.3) is 0 Å². The molecule has 0 spiro atoms. The average molecular weight is 331 g/mol. The van der Waals surface area contributed by atoms with Gasteiger partial charge in [-0.2, -0.15) is 0 Å². The van der Waals surface area contributed by atoms with Crippen molar-refractivity contribution in [2.24, 2.45) is 0 Å². The lowest BCUT2D eigenvalue weighted by Crippen LogP contribution is -2.30. The average Bonchev–Trinajstić information content (AvgIpc) is 2.53. The summed E-state index contributed by atoms with van der Waals surface area (Å²) in [6.45, 7) is 1.83.